The third-order valence-corrected chi connectivity index (χ3v) is 2.51. The van der Waals surface area contributed by atoms with Gasteiger partial charge in [-0.3, -0.25) is 4.90 Å². The first-order valence-corrected chi connectivity index (χ1v) is 5.09. The zero-order chi connectivity index (χ0) is 10.7. The van der Waals surface area contributed by atoms with Crippen molar-refractivity contribution in [3.8, 4) is 11.8 Å². The Kier molecular flexibility index (Phi) is 2.89. The highest BCUT2D eigenvalue weighted by Crippen LogP contribution is 2.18. The summed E-state index contributed by atoms with van der Waals surface area (Å²) >= 11 is 0. The number of hydrogen-bond acceptors (Lipinski definition) is 3. The van der Waals surface area contributed by atoms with E-state index in [-0.39, 0.29) is 0 Å². The van der Waals surface area contributed by atoms with Crippen LogP contribution in [0.25, 0.3) is 0 Å². The van der Waals surface area contributed by atoms with Gasteiger partial charge in [0.05, 0.1) is 12.5 Å². The van der Waals surface area contributed by atoms with Gasteiger partial charge in [0, 0.05) is 13.1 Å². The monoisotopic (exact) mass is 202 g/mol. The zero-order valence-electron chi connectivity index (χ0n) is 8.81. The average molecular weight is 202 g/mol. The standard InChI is InChI=1S/C12H14N2O/c1-14-8-12(9-14)15-11-4-2-3-10(7-11)5-6-13/h2-4,7,12H,5,8-9H2,1H3. The van der Waals surface area contributed by atoms with E-state index in [4.69, 9.17) is 10.00 Å². The third-order valence-electron chi connectivity index (χ3n) is 2.51. The second-order valence-electron chi connectivity index (χ2n) is 3.94. The Balaban J connectivity index is 1.96. The summed E-state index contributed by atoms with van der Waals surface area (Å²) in [5.74, 6) is 0.876. The van der Waals surface area contributed by atoms with Crippen molar-refractivity contribution in [2.45, 2.75) is 12.5 Å². The SMILES string of the molecule is CN1CC(Oc2cccc(CC#N)c2)C1. The van der Waals surface area contributed by atoms with Crippen molar-refractivity contribution in [1.29, 1.82) is 5.26 Å². The van der Waals surface area contributed by atoms with Crippen molar-refractivity contribution < 1.29 is 4.74 Å². The van der Waals surface area contributed by atoms with E-state index < -0.39 is 0 Å². The van der Waals surface area contributed by atoms with E-state index in [9.17, 15) is 0 Å². The Morgan fingerprint density at radius 3 is 3.00 bits per heavy atom. The molecule has 0 saturated carbocycles. The summed E-state index contributed by atoms with van der Waals surface area (Å²) in [4.78, 5) is 2.21. The molecule has 15 heavy (non-hydrogen) atoms. The van der Waals surface area contributed by atoms with Crippen LogP contribution in [-0.2, 0) is 6.42 Å². The Morgan fingerprint density at radius 1 is 1.53 bits per heavy atom. The van der Waals surface area contributed by atoms with Gasteiger partial charge in [-0.05, 0) is 24.7 Å². The Morgan fingerprint density at radius 2 is 2.33 bits per heavy atom. The molecule has 0 aromatic heterocycles. The molecule has 78 valence electrons. The maximum Gasteiger partial charge on any atom is 0.124 e. The first kappa shape index (κ1) is 10.0. The summed E-state index contributed by atoms with van der Waals surface area (Å²) in [7, 11) is 2.08. The molecule has 1 saturated heterocycles. The van der Waals surface area contributed by atoms with Crippen molar-refractivity contribution in [1.82, 2.24) is 4.90 Å². The lowest BCUT2D eigenvalue weighted by Gasteiger charge is -2.36. The summed E-state index contributed by atoms with van der Waals surface area (Å²) in [5.41, 5.74) is 1.02. The number of rotatable bonds is 3. The third kappa shape index (κ3) is 2.48. The normalized spacial score (nSPS) is 16.8. The molecule has 1 aromatic rings. The number of ether oxygens (including phenoxy) is 1. The van der Waals surface area contributed by atoms with Gasteiger partial charge in [0.2, 0.25) is 0 Å². The second kappa shape index (κ2) is 4.33. The quantitative estimate of drug-likeness (QED) is 0.744. The van der Waals surface area contributed by atoms with Gasteiger partial charge in [0.15, 0.2) is 0 Å². The number of likely N-dealkylation sites (tertiary alicyclic amines) is 1. The highest BCUT2D eigenvalue weighted by atomic mass is 16.5. The Labute approximate surface area is 89.9 Å². The molecule has 1 aliphatic rings. The first-order valence-electron chi connectivity index (χ1n) is 5.09. The smallest absolute Gasteiger partial charge is 0.124 e. The van der Waals surface area contributed by atoms with Crippen molar-refractivity contribution in [3.05, 3.63) is 29.8 Å². The summed E-state index contributed by atoms with van der Waals surface area (Å²) in [5, 5.41) is 8.59. The van der Waals surface area contributed by atoms with Crippen LogP contribution < -0.4 is 4.74 Å². The average Bonchev–Trinajstić information content (AvgIpc) is 2.17. The molecule has 0 radical (unpaired) electrons. The van der Waals surface area contributed by atoms with Crippen LogP contribution in [0.5, 0.6) is 5.75 Å². The molecule has 2 rings (SSSR count). The van der Waals surface area contributed by atoms with Crippen LogP contribution in [0.2, 0.25) is 0 Å². The van der Waals surface area contributed by atoms with Gasteiger partial charge >= 0.3 is 0 Å². The maximum atomic E-state index is 8.59. The molecule has 1 aromatic carbocycles. The highest BCUT2D eigenvalue weighted by Gasteiger charge is 2.24. The largest absolute Gasteiger partial charge is 0.488 e. The second-order valence-corrected chi connectivity index (χ2v) is 3.94. The molecule has 3 heteroatoms. The number of likely N-dealkylation sites (N-methyl/N-ethyl adjacent to an activating group) is 1. The minimum atomic E-state index is 0.312. The molecule has 0 N–H and O–H groups in total. The predicted octanol–water partition coefficient (Wildman–Crippen LogP) is 1.45. The molecule has 1 heterocycles. The van der Waals surface area contributed by atoms with Crippen LogP contribution in [0.3, 0.4) is 0 Å². The fourth-order valence-corrected chi connectivity index (χ4v) is 1.73. The fraction of sp³-hybridized carbons (Fsp3) is 0.417. The fourth-order valence-electron chi connectivity index (χ4n) is 1.73. The van der Waals surface area contributed by atoms with Crippen molar-refractivity contribution in [3.63, 3.8) is 0 Å². The van der Waals surface area contributed by atoms with Crippen LogP contribution in [0.15, 0.2) is 24.3 Å². The topological polar surface area (TPSA) is 36.3 Å². The van der Waals surface area contributed by atoms with Crippen LogP contribution in [0.1, 0.15) is 5.56 Å². The highest BCUT2D eigenvalue weighted by molar-refractivity contribution is 5.30. The lowest BCUT2D eigenvalue weighted by Crippen LogP contribution is -2.51. The summed E-state index contributed by atoms with van der Waals surface area (Å²) in [6, 6.07) is 9.91. The van der Waals surface area contributed by atoms with E-state index >= 15 is 0 Å². The molecule has 0 spiro atoms. The molecule has 0 amide bonds. The minimum Gasteiger partial charge on any atom is -0.488 e. The lowest BCUT2D eigenvalue weighted by atomic mass is 10.1. The van der Waals surface area contributed by atoms with E-state index in [2.05, 4.69) is 18.0 Å². The van der Waals surface area contributed by atoms with Crippen LogP contribution >= 0.6 is 0 Å². The molecule has 1 fully saturated rings. The van der Waals surface area contributed by atoms with Crippen LogP contribution in [0.4, 0.5) is 0 Å². The maximum absolute atomic E-state index is 8.59. The minimum absolute atomic E-state index is 0.312. The number of hydrogen-bond donors (Lipinski definition) is 0. The molecular formula is C12H14N2O. The van der Waals surface area contributed by atoms with Crippen LogP contribution in [-0.4, -0.2) is 31.1 Å². The van der Waals surface area contributed by atoms with E-state index in [1.807, 2.05) is 24.3 Å². The van der Waals surface area contributed by atoms with Crippen molar-refractivity contribution in [2.24, 2.45) is 0 Å². The number of nitriles is 1. The van der Waals surface area contributed by atoms with Crippen molar-refractivity contribution in [2.75, 3.05) is 20.1 Å². The zero-order valence-corrected chi connectivity index (χ0v) is 8.81. The van der Waals surface area contributed by atoms with Crippen LogP contribution in [0, 0.1) is 11.3 Å². The molecule has 0 unspecified atom stereocenters. The van der Waals surface area contributed by atoms with E-state index in [1.165, 1.54) is 0 Å². The lowest BCUT2D eigenvalue weighted by molar-refractivity contribution is 0.0388. The summed E-state index contributed by atoms with van der Waals surface area (Å²) in [6.07, 6.45) is 0.759. The van der Waals surface area contributed by atoms with Gasteiger partial charge in [-0.25, -0.2) is 0 Å². The van der Waals surface area contributed by atoms with Gasteiger partial charge in [-0.1, -0.05) is 12.1 Å². The van der Waals surface area contributed by atoms with E-state index in [0.717, 1.165) is 24.4 Å². The van der Waals surface area contributed by atoms with Gasteiger partial charge < -0.3 is 4.74 Å². The van der Waals surface area contributed by atoms with E-state index in [0.29, 0.717) is 12.5 Å². The number of nitrogens with zero attached hydrogens (tertiary/aromatic N) is 2. The van der Waals surface area contributed by atoms with Gasteiger partial charge in [0.1, 0.15) is 11.9 Å². The molecule has 1 aliphatic heterocycles. The van der Waals surface area contributed by atoms with Gasteiger partial charge in [-0.15, -0.1) is 0 Å². The van der Waals surface area contributed by atoms with Crippen molar-refractivity contribution >= 4 is 0 Å². The first-order chi connectivity index (χ1) is 7.28. The number of benzene rings is 1. The molecular weight excluding hydrogens is 188 g/mol. The van der Waals surface area contributed by atoms with E-state index in [1.54, 1.807) is 0 Å². The summed E-state index contributed by atoms with van der Waals surface area (Å²) in [6.45, 7) is 1.98. The molecule has 3 nitrogen and oxygen atoms in total. The molecule has 0 aliphatic carbocycles. The Bertz CT molecular complexity index is 377. The molecule has 0 bridgehead atoms. The van der Waals surface area contributed by atoms with Gasteiger partial charge in [0.25, 0.3) is 0 Å². The summed E-state index contributed by atoms with van der Waals surface area (Å²) < 4.78 is 5.76. The Hall–Kier alpha value is -1.53. The van der Waals surface area contributed by atoms with Gasteiger partial charge in [-0.2, -0.15) is 5.26 Å². The predicted molar refractivity (Wildman–Crippen MR) is 57.7 cm³/mol. The molecule has 0 atom stereocenters.